The van der Waals surface area contributed by atoms with Gasteiger partial charge in [0, 0.05) is 23.8 Å². The summed E-state index contributed by atoms with van der Waals surface area (Å²) < 4.78 is 40.5. The minimum Gasteiger partial charge on any atom is -0.351 e. The van der Waals surface area contributed by atoms with Crippen molar-refractivity contribution in [2.24, 2.45) is 0 Å². The number of fused-ring (bicyclic) bond motifs is 1. The van der Waals surface area contributed by atoms with E-state index < -0.39 is 12.5 Å². The fraction of sp³-hybridized carbons (Fsp3) is 0.538. The lowest BCUT2D eigenvalue weighted by molar-refractivity contribution is -0.345. The van der Waals surface area contributed by atoms with Gasteiger partial charge in [-0.3, -0.25) is 4.74 Å². The largest absolute Gasteiger partial charge is 0.522 e. The van der Waals surface area contributed by atoms with Crippen LogP contribution in [-0.2, 0) is 4.74 Å². The van der Waals surface area contributed by atoms with Gasteiger partial charge in [0.25, 0.3) is 0 Å². The normalized spacial score (nSPS) is 23.4. The molecule has 1 saturated carbocycles. The smallest absolute Gasteiger partial charge is 0.351 e. The second kappa shape index (κ2) is 5.51. The zero-order valence-corrected chi connectivity index (χ0v) is 11.2. The van der Waals surface area contributed by atoms with Gasteiger partial charge in [-0.25, -0.2) is 4.98 Å². The summed E-state index contributed by atoms with van der Waals surface area (Å²) in [6.07, 6.45) is 0.161. The minimum absolute atomic E-state index is 0.0745. The fourth-order valence-corrected chi connectivity index (χ4v) is 2.61. The summed E-state index contributed by atoms with van der Waals surface area (Å²) in [5.74, 6) is 0.491. The Morgan fingerprint density at radius 2 is 2.00 bits per heavy atom. The molecule has 8 heteroatoms. The standard InChI is InChI=1S/C13H15F3N4O/c14-13(15,16)21-10-3-1-9(2-4-10)19-12-18-7-8-5-6-17-11(8)20-12/h5-7,9-10H,1-4H2,(H2,17,18,19,20)/t9-,10+. The Morgan fingerprint density at radius 1 is 1.24 bits per heavy atom. The predicted octanol–water partition coefficient (Wildman–Crippen LogP) is 3.22. The van der Waals surface area contributed by atoms with Crippen LogP contribution in [0.3, 0.4) is 0 Å². The predicted molar refractivity (Wildman–Crippen MR) is 70.7 cm³/mol. The number of H-pyrrole nitrogens is 1. The molecule has 2 aromatic rings. The van der Waals surface area contributed by atoms with E-state index in [2.05, 4.69) is 25.0 Å². The molecule has 0 bridgehead atoms. The first kappa shape index (κ1) is 14.1. The third-order valence-corrected chi connectivity index (χ3v) is 3.61. The van der Waals surface area contributed by atoms with E-state index in [1.54, 1.807) is 12.4 Å². The van der Waals surface area contributed by atoms with E-state index in [-0.39, 0.29) is 6.04 Å². The number of aromatic amines is 1. The van der Waals surface area contributed by atoms with E-state index in [1.807, 2.05) is 6.07 Å². The van der Waals surface area contributed by atoms with Crippen molar-refractivity contribution in [1.82, 2.24) is 15.0 Å². The molecular weight excluding hydrogens is 285 g/mol. The Morgan fingerprint density at radius 3 is 2.71 bits per heavy atom. The Bertz CT molecular complexity index is 605. The molecule has 2 aromatic heterocycles. The zero-order chi connectivity index (χ0) is 14.9. The van der Waals surface area contributed by atoms with Gasteiger partial charge in [-0.1, -0.05) is 0 Å². The van der Waals surface area contributed by atoms with Gasteiger partial charge in [-0.05, 0) is 31.7 Å². The van der Waals surface area contributed by atoms with Gasteiger partial charge in [0.1, 0.15) is 5.65 Å². The van der Waals surface area contributed by atoms with Gasteiger partial charge in [-0.2, -0.15) is 4.98 Å². The number of alkyl halides is 3. The van der Waals surface area contributed by atoms with Crippen molar-refractivity contribution >= 4 is 17.0 Å². The molecule has 1 aliphatic rings. The Kier molecular flexibility index (Phi) is 3.71. The van der Waals surface area contributed by atoms with Crippen LogP contribution >= 0.6 is 0 Å². The molecule has 0 aromatic carbocycles. The van der Waals surface area contributed by atoms with Crippen LogP contribution < -0.4 is 5.32 Å². The Balaban J connectivity index is 1.55. The number of anilines is 1. The summed E-state index contributed by atoms with van der Waals surface area (Å²) in [7, 11) is 0. The lowest BCUT2D eigenvalue weighted by atomic mass is 9.93. The topological polar surface area (TPSA) is 62.8 Å². The number of nitrogens with one attached hydrogen (secondary N) is 2. The average molecular weight is 300 g/mol. The van der Waals surface area contributed by atoms with Gasteiger partial charge in [-0.15, -0.1) is 13.2 Å². The number of hydrogen-bond donors (Lipinski definition) is 2. The third-order valence-electron chi connectivity index (χ3n) is 3.61. The van der Waals surface area contributed by atoms with Crippen LogP contribution in [0.2, 0.25) is 0 Å². The van der Waals surface area contributed by atoms with Crippen molar-refractivity contribution < 1.29 is 17.9 Å². The first-order valence-electron chi connectivity index (χ1n) is 6.81. The number of ether oxygens (including phenoxy) is 1. The number of aromatic nitrogens is 3. The van der Waals surface area contributed by atoms with Gasteiger partial charge in [0.15, 0.2) is 0 Å². The number of nitrogens with zero attached hydrogens (tertiary/aromatic N) is 2. The Labute approximate surface area is 118 Å². The van der Waals surface area contributed by atoms with Crippen molar-refractivity contribution in [2.45, 2.75) is 44.2 Å². The van der Waals surface area contributed by atoms with Gasteiger partial charge in [0.05, 0.1) is 6.10 Å². The molecule has 1 fully saturated rings. The molecule has 0 radical (unpaired) electrons. The molecule has 0 saturated heterocycles. The van der Waals surface area contributed by atoms with Crippen molar-refractivity contribution in [2.75, 3.05) is 5.32 Å². The van der Waals surface area contributed by atoms with Gasteiger partial charge < -0.3 is 10.3 Å². The van der Waals surface area contributed by atoms with E-state index in [9.17, 15) is 13.2 Å². The van der Waals surface area contributed by atoms with E-state index in [0.29, 0.717) is 31.6 Å². The molecular formula is C13H15F3N4O. The first-order chi connectivity index (χ1) is 9.99. The van der Waals surface area contributed by atoms with Crippen LogP contribution in [0, 0.1) is 0 Å². The van der Waals surface area contributed by atoms with Gasteiger partial charge >= 0.3 is 6.36 Å². The quantitative estimate of drug-likeness (QED) is 0.913. The van der Waals surface area contributed by atoms with Crippen LogP contribution in [0.15, 0.2) is 18.5 Å². The summed E-state index contributed by atoms with van der Waals surface area (Å²) in [6.45, 7) is 0. The Hall–Kier alpha value is -1.83. The monoisotopic (exact) mass is 300 g/mol. The third kappa shape index (κ3) is 3.63. The summed E-state index contributed by atoms with van der Waals surface area (Å²) >= 11 is 0. The maximum atomic E-state index is 12.1. The maximum absolute atomic E-state index is 12.1. The molecule has 2 heterocycles. The molecule has 0 amide bonds. The highest BCUT2D eigenvalue weighted by atomic mass is 19.4. The zero-order valence-electron chi connectivity index (χ0n) is 11.2. The van der Waals surface area contributed by atoms with Crippen molar-refractivity contribution in [3.05, 3.63) is 18.5 Å². The molecule has 5 nitrogen and oxygen atoms in total. The van der Waals surface area contributed by atoms with Crippen molar-refractivity contribution in [3.63, 3.8) is 0 Å². The van der Waals surface area contributed by atoms with Crippen LogP contribution in [0.1, 0.15) is 25.7 Å². The molecule has 3 rings (SSSR count). The van der Waals surface area contributed by atoms with Crippen LogP contribution in [0.5, 0.6) is 0 Å². The second-order valence-corrected chi connectivity index (χ2v) is 5.16. The van der Waals surface area contributed by atoms with E-state index in [0.717, 1.165) is 11.0 Å². The molecule has 0 atom stereocenters. The fourth-order valence-electron chi connectivity index (χ4n) is 2.61. The number of halogens is 3. The first-order valence-corrected chi connectivity index (χ1v) is 6.81. The highest BCUT2D eigenvalue weighted by Gasteiger charge is 2.35. The lowest BCUT2D eigenvalue weighted by Crippen LogP contribution is -2.33. The van der Waals surface area contributed by atoms with Crippen LogP contribution in [-0.4, -0.2) is 33.5 Å². The van der Waals surface area contributed by atoms with Gasteiger partial charge in [0.2, 0.25) is 5.95 Å². The van der Waals surface area contributed by atoms with Crippen molar-refractivity contribution in [1.29, 1.82) is 0 Å². The number of hydrogen-bond acceptors (Lipinski definition) is 4. The molecule has 0 aliphatic heterocycles. The second-order valence-electron chi connectivity index (χ2n) is 5.16. The highest BCUT2D eigenvalue weighted by molar-refractivity contribution is 5.75. The SMILES string of the molecule is FC(F)(F)O[C@H]1CC[C@@H](Nc2ncc3cc[nH]c3n2)CC1. The molecule has 0 spiro atoms. The maximum Gasteiger partial charge on any atom is 0.522 e. The average Bonchev–Trinajstić information content (AvgIpc) is 2.87. The molecule has 1 aliphatic carbocycles. The highest BCUT2D eigenvalue weighted by Crippen LogP contribution is 2.29. The molecule has 0 unspecified atom stereocenters. The molecule has 21 heavy (non-hydrogen) atoms. The lowest BCUT2D eigenvalue weighted by Gasteiger charge is -2.29. The summed E-state index contributed by atoms with van der Waals surface area (Å²) in [6, 6.07) is 1.95. The summed E-state index contributed by atoms with van der Waals surface area (Å²) in [5.41, 5.74) is 0.738. The van der Waals surface area contributed by atoms with E-state index in [4.69, 9.17) is 0 Å². The summed E-state index contributed by atoms with van der Waals surface area (Å²) in [4.78, 5) is 11.5. The molecule has 114 valence electrons. The van der Waals surface area contributed by atoms with E-state index in [1.165, 1.54) is 0 Å². The van der Waals surface area contributed by atoms with E-state index >= 15 is 0 Å². The number of rotatable bonds is 3. The van der Waals surface area contributed by atoms with Crippen LogP contribution in [0.25, 0.3) is 11.0 Å². The van der Waals surface area contributed by atoms with Crippen LogP contribution in [0.4, 0.5) is 19.1 Å². The van der Waals surface area contributed by atoms with Crippen molar-refractivity contribution in [3.8, 4) is 0 Å². The minimum atomic E-state index is -4.55. The molecule has 2 N–H and O–H groups in total. The summed E-state index contributed by atoms with van der Waals surface area (Å²) in [5, 5.41) is 4.09.